The summed E-state index contributed by atoms with van der Waals surface area (Å²) in [4.78, 5) is 35.3. The fourth-order valence-corrected chi connectivity index (χ4v) is 4.20. The van der Waals surface area contributed by atoms with Gasteiger partial charge < -0.3 is 20.4 Å². The molecule has 0 atom stereocenters. The van der Waals surface area contributed by atoms with Crippen LogP contribution in [0.15, 0.2) is 88.8 Å². The molecule has 4 aromatic rings. The van der Waals surface area contributed by atoms with Gasteiger partial charge in [0, 0.05) is 18.0 Å². The van der Waals surface area contributed by atoms with E-state index in [0.29, 0.717) is 40.1 Å². The molecule has 0 bridgehead atoms. The number of rotatable bonds is 8. The molecule has 36 heavy (non-hydrogen) atoms. The molecule has 9 heteroatoms. The van der Waals surface area contributed by atoms with Crippen LogP contribution in [0.4, 0.5) is 16.2 Å². The van der Waals surface area contributed by atoms with Crippen molar-refractivity contribution < 1.29 is 9.53 Å². The zero-order valence-electron chi connectivity index (χ0n) is 19.4. The molecule has 3 aromatic carbocycles. The molecule has 1 heterocycles. The maximum absolute atomic E-state index is 12.5. The molecule has 8 nitrogen and oxygen atoms in total. The molecule has 3 N–H and O–H groups in total. The van der Waals surface area contributed by atoms with Crippen LogP contribution in [0.25, 0.3) is 16.1 Å². The molecule has 0 aliphatic carbocycles. The number of ether oxygens (including phenoxy) is 1. The molecular formula is C27H23N5O3S. The number of aromatic amines is 1. The van der Waals surface area contributed by atoms with Crippen molar-refractivity contribution in [3.05, 3.63) is 112 Å². The summed E-state index contributed by atoms with van der Waals surface area (Å²) in [6.07, 6.45) is 0. The van der Waals surface area contributed by atoms with E-state index in [1.165, 1.54) is 11.8 Å². The molecule has 0 saturated heterocycles. The highest BCUT2D eigenvalue weighted by Crippen LogP contribution is 2.30. The van der Waals surface area contributed by atoms with Gasteiger partial charge in [0.25, 0.3) is 11.2 Å². The summed E-state index contributed by atoms with van der Waals surface area (Å²) in [6, 6.07) is 23.9. The van der Waals surface area contributed by atoms with Crippen molar-refractivity contribution in [3.63, 3.8) is 0 Å². The van der Waals surface area contributed by atoms with Crippen molar-refractivity contribution in [2.75, 3.05) is 12.4 Å². The van der Waals surface area contributed by atoms with Crippen LogP contribution in [0, 0.1) is 6.57 Å². The zero-order chi connectivity index (χ0) is 25.3. The van der Waals surface area contributed by atoms with E-state index in [2.05, 4.69) is 25.4 Å². The quantitative estimate of drug-likeness (QED) is 0.167. The molecule has 0 fully saturated rings. The number of benzene rings is 3. The van der Waals surface area contributed by atoms with Crippen molar-refractivity contribution in [3.8, 4) is 17.0 Å². The summed E-state index contributed by atoms with van der Waals surface area (Å²) in [5.41, 5.74) is 3.07. The van der Waals surface area contributed by atoms with Crippen LogP contribution in [0.2, 0.25) is 0 Å². The number of hydrogen-bond donors (Lipinski definition) is 3. The first-order valence-electron chi connectivity index (χ1n) is 11.0. The minimum atomic E-state index is -0.485. The molecule has 4 rings (SSSR count). The first kappa shape index (κ1) is 24.6. The molecule has 0 aliphatic heterocycles. The smallest absolute Gasteiger partial charge is 0.319 e. The van der Waals surface area contributed by atoms with E-state index < -0.39 is 5.56 Å². The molecule has 0 aliphatic rings. The molecule has 180 valence electrons. The highest BCUT2D eigenvalue weighted by atomic mass is 32.2. The molecular weight excluding hydrogens is 474 g/mol. The van der Waals surface area contributed by atoms with E-state index in [4.69, 9.17) is 11.3 Å². The molecule has 0 unspecified atom stereocenters. The Labute approximate surface area is 212 Å². The number of hydrogen-bond acceptors (Lipinski definition) is 5. The second kappa shape index (κ2) is 11.7. The van der Waals surface area contributed by atoms with E-state index in [1.807, 2.05) is 54.6 Å². The van der Waals surface area contributed by atoms with Gasteiger partial charge in [-0.15, -0.1) is 0 Å². The topological polar surface area (TPSA) is 100 Å². The van der Waals surface area contributed by atoms with Crippen LogP contribution in [-0.4, -0.2) is 23.1 Å². The van der Waals surface area contributed by atoms with E-state index in [9.17, 15) is 9.59 Å². The minimum Gasteiger partial charge on any atom is -0.497 e. The van der Waals surface area contributed by atoms with Crippen LogP contribution < -0.4 is 20.9 Å². The number of carbonyl (C=O) groups is 1. The third-order valence-electron chi connectivity index (χ3n) is 5.21. The average molecular weight is 498 g/mol. The zero-order valence-corrected chi connectivity index (χ0v) is 20.3. The molecule has 0 saturated carbocycles. The van der Waals surface area contributed by atoms with Gasteiger partial charge in [0.1, 0.15) is 5.75 Å². The van der Waals surface area contributed by atoms with Gasteiger partial charge in [-0.3, -0.25) is 4.79 Å². The van der Waals surface area contributed by atoms with Crippen molar-refractivity contribution >= 4 is 29.2 Å². The van der Waals surface area contributed by atoms with Crippen molar-refractivity contribution in [2.24, 2.45) is 0 Å². The number of amides is 2. The Bertz CT molecular complexity index is 1450. The van der Waals surface area contributed by atoms with Crippen molar-refractivity contribution in [1.29, 1.82) is 0 Å². The van der Waals surface area contributed by atoms with E-state index in [1.54, 1.807) is 31.4 Å². The number of thioether (sulfide) groups is 1. The summed E-state index contributed by atoms with van der Waals surface area (Å²) >= 11 is 1.35. The number of H-pyrrole nitrogens is 1. The van der Waals surface area contributed by atoms with Gasteiger partial charge in [-0.2, -0.15) is 0 Å². The largest absolute Gasteiger partial charge is 0.497 e. The van der Waals surface area contributed by atoms with Gasteiger partial charge in [-0.25, -0.2) is 14.6 Å². The fourth-order valence-electron chi connectivity index (χ4n) is 3.38. The average Bonchev–Trinajstić information content (AvgIpc) is 2.92. The second-order valence-corrected chi connectivity index (χ2v) is 8.65. The summed E-state index contributed by atoms with van der Waals surface area (Å²) in [5, 5.41) is 6.05. The maximum atomic E-state index is 12.5. The van der Waals surface area contributed by atoms with Gasteiger partial charge >= 0.3 is 6.03 Å². The summed E-state index contributed by atoms with van der Waals surface area (Å²) in [7, 11) is 1.55. The Hall–Kier alpha value is -4.55. The first-order valence-corrected chi connectivity index (χ1v) is 12.0. The standard InChI is InChI=1S/C27H23N5O3S/c1-28-24-23(20-9-6-10-22(15-20)35-2)31-27(32-25(24)33)36-17-19-11-13-21(14-12-19)30-26(34)29-16-18-7-4-3-5-8-18/h3-15H,16-17H2,2H3,(H2,29,30,34)(H,31,32,33). The number of carbonyl (C=O) groups excluding carboxylic acids is 1. The summed E-state index contributed by atoms with van der Waals surface area (Å²) in [5.74, 6) is 1.15. The monoisotopic (exact) mass is 497 g/mol. The number of urea groups is 1. The highest BCUT2D eigenvalue weighted by Gasteiger charge is 2.15. The van der Waals surface area contributed by atoms with Gasteiger partial charge in [-0.05, 0) is 41.0 Å². The van der Waals surface area contributed by atoms with E-state index in [0.717, 1.165) is 11.1 Å². The Balaban J connectivity index is 1.39. The molecule has 0 radical (unpaired) electrons. The third-order valence-corrected chi connectivity index (χ3v) is 6.16. The first-order chi connectivity index (χ1) is 17.6. The van der Waals surface area contributed by atoms with Gasteiger partial charge in [0.15, 0.2) is 5.16 Å². The number of methoxy groups -OCH3 is 1. The number of aromatic nitrogens is 2. The lowest BCUT2D eigenvalue weighted by atomic mass is 10.1. The Morgan fingerprint density at radius 2 is 1.83 bits per heavy atom. The van der Waals surface area contributed by atoms with Gasteiger partial charge in [0.2, 0.25) is 0 Å². The van der Waals surface area contributed by atoms with Crippen LogP contribution >= 0.6 is 11.8 Å². The van der Waals surface area contributed by atoms with Gasteiger partial charge in [-0.1, -0.05) is 66.4 Å². The maximum Gasteiger partial charge on any atom is 0.319 e. The highest BCUT2D eigenvalue weighted by molar-refractivity contribution is 7.98. The predicted molar refractivity (Wildman–Crippen MR) is 141 cm³/mol. The lowest BCUT2D eigenvalue weighted by Crippen LogP contribution is -2.28. The van der Waals surface area contributed by atoms with Gasteiger partial charge in [0.05, 0.1) is 19.4 Å². The summed E-state index contributed by atoms with van der Waals surface area (Å²) < 4.78 is 5.26. The lowest BCUT2D eigenvalue weighted by Gasteiger charge is -2.09. The van der Waals surface area contributed by atoms with Crippen LogP contribution in [0.3, 0.4) is 0 Å². The number of nitrogens with one attached hydrogen (secondary N) is 3. The van der Waals surface area contributed by atoms with Crippen LogP contribution in [0.5, 0.6) is 5.75 Å². The molecule has 0 spiro atoms. The van der Waals surface area contributed by atoms with E-state index in [-0.39, 0.29) is 11.7 Å². The Morgan fingerprint density at radius 3 is 2.56 bits per heavy atom. The Kier molecular flexibility index (Phi) is 8.01. The van der Waals surface area contributed by atoms with Crippen LogP contribution in [0.1, 0.15) is 11.1 Å². The SMILES string of the molecule is [C-]#[N+]c1c(-c2cccc(OC)c2)nc(SCc2ccc(NC(=O)NCc3ccccc3)cc2)[nH]c1=O. The second-order valence-electron chi connectivity index (χ2n) is 7.69. The minimum absolute atomic E-state index is 0.0615. The predicted octanol–water partition coefficient (Wildman–Crippen LogP) is 5.61. The van der Waals surface area contributed by atoms with E-state index >= 15 is 0 Å². The molecule has 2 amide bonds. The van der Waals surface area contributed by atoms with Crippen molar-refractivity contribution in [1.82, 2.24) is 15.3 Å². The Morgan fingerprint density at radius 1 is 1.06 bits per heavy atom. The molecule has 1 aromatic heterocycles. The lowest BCUT2D eigenvalue weighted by molar-refractivity contribution is 0.251. The summed E-state index contributed by atoms with van der Waals surface area (Å²) in [6.45, 7) is 7.85. The van der Waals surface area contributed by atoms with Crippen molar-refractivity contribution in [2.45, 2.75) is 17.5 Å². The normalized spacial score (nSPS) is 10.3. The van der Waals surface area contributed by atoms with Crippen LogP contribution in [-0.2, 0) is 12.3 Å². The third kappa shape index (κ3) is 6.31. The number of anilines is 1. The fraction of sp³-hybridized carbons (Fsp3) is 0.111. The number of nitrogens with zero attached hydrogens (tertiary/aromatic N) is 2.